The van der Waals surface area contributed by atoms with Gasteiger partial charge < -0.3 is 22.3 Å². The number of carboxylic acids is 1. The predicted octanol–water partition coefficient (Wildman–Crippen LogP) is 1.21. The van der Waals surface area contributed by atoms with Gasteiger partial charge in [0.25, 0.3) is 0 Å². The maximum absolute atomic E-state index is 13.3. The summed E-state index contributed by atoms with van der Waals surface area (Å²) in [6, 6.07) is 3.71. The maximum atomic E-state index is 13.3. The van der Waals surface area contributed by atoms with Crippen LogP contribution in [0.1, 0.15) is 10.4 Å². The molecule has 0 amide bonds. The molecule has 0 atom stereocenters. The van der Waals surface area contributed by atoms with Crippen molar-refractivity contribution in [2.75, 3.05) is 17.2 Å². The van der Waals surface area contributed by atoms with E-state index < -0.39 is 17.5 Å². The molecule has 0 saturated carbocycles. The van der Waals surface area contributed by atoms with Crippen LogP contribution in [0.2, 0.25) is 0 Å². The standard InChI is InChI=1S/C11H10FN5O2S/c12-4-1-2-5(8(9(4)15)10(18)19)20-11-16-6(13)3-7(14)17-11/h1-3H,15H2,(H,18,19)(H4,13,14,16,17). The summed E-state index contributed by atoms with van der Waals surface area (Å²) in [6.07, 6.45) is 0. The van der Waals surface area contributed by atoms with Gasteiger partial charge in [-0.1, -0.05) is 0 Å². The van der Waals surface area contributed by atoms with Gasteiger partial charge in [0.05, 0.1) is 11.3 Å². The fourth-order valence-corrected chi connectivity index (χ4v) is 2.42. The lowest BCUT2D eigenvalue weighted by atomic mass is 10.2. The Morgan fingerprint density at radius 3 is 2.35 bits per heavy atom. The smallest absolute Gasteiger partial charge is 0.339 e. The molecular weight excluding hydrogens is 285 g/mol. The van der Waals surface area contributed by atoms with Gasteiger partial charge in [0.2, 0.25) is 0 Å². The minimum atomic E-state index is -1.35. The molecular formula is C11H10FN5O2S. The van der Waals surface area contributed by atoms with Crippen LogP contribution in [-0.4, -0.2) is 21.0 Å². The van der Waals surface area contributed by atoms with Crippen molar-refractivity contribution >= 4 is 35.1 Å². The quantitative estimate of drug-likeness (QED) is 0.489. The van der Waals surface area contributed by atoms with Crippen LogP contribution in [0.15, 0.2) is 28.3 Å². The molecule has 7 nitrogen and oxygen atoms in total. The van der Waals surface area contributed by atoms with Crippen molar-refractivity contribution in [2.24, 2.45) is 0 Å². The van der Waals surface area contributed by atoms with Crippen molar-refractivity contribution in [2.45, 2.75) is 10.1 Å². The number of carbonyl (C=O) groups is 1. The van der Waals surface area contributed by atoms with E-state index in [1.165, 1.54) is 12.1 Å². The third-order valence-electron chi connectivity index (χ3n) is 2.31. The summed E-state index contributed by atoms with van der Waals surface area (Å²) >= 11 is 0.884. The normalized spacial score (nSPS) is 10.4. The summed E-state index contributed by atoms with van der Waals surface area (Å²) in [5, 5.41) is 9.26. The second-order valence-corrected chi connectivity index (χ2v) is 4.75. The number of nitrogens with two attached hydrogens (primary N) is 3. The number of halogens is 1. The minimum Gasteiger partial charge on any atom is -0.478 e. The lowest BCUT2D eigenvalue weighted by Crippen LogP contribution is -2.07. The summed E-state index contributed by atoms with van der Waals surface area (Å²) in [5.74, 6) is -1.86. The Labute approximate surface area is 117 Å². The Bertz CT molecular complexity index is 675. The van der Waals surface area contributed by atoms with E-state index in [9.17, 15) is 9.18 Å². The fraction of sp³-hybridized carbons (Fsp3) is 0. The van der Waals surface area contributed by atoms with E-state index in [-0.39, 0.29) is 27.3 Å². The lowest BCUT2D eigenvalue weighted by Gasteiger charge is -2.09. The summed E-state index contributed by atoms with van der Waals surface area (Å²) in [4.78, 5) is 19.2. The van der Waals surface area contributed by atoms with Crippen molar-refractivity contribution in [3.05, 3.63) is 29.6 Å². The van der Waals surface area contributed by atoms with Crippen LogP contribution in [0.4, 0.5) is 21.7 Å². The third kappa shape index (κ3) is 2.72. The zero-order valence-corrected chi connectivity index (χ0v) is 10.8. The van der Waals surface area contributed by atoms with E-state index in [1.807, 2.05) is 0 Å². The van der Waals surface area contributed by atoms with E-state index in [0.29, 0.717) is 0 Å². The Morgan fingerprint density at radius 1 is 1.20 bits per heavy atom. The fourth-order valence-electron chi connectivity index (χ4n) is 1.49. The van der Waals surface area contributed by atoms with Crippen LogP contribution in [0.3, 0.4) is 0 Å². The van der Waals surface area contributed by atoms with Crippen LogP contribution in [0.5, 0.6) is 0 Å². The zero-order valence-electron chi connectivity index (χ0n) is 10.0. The molecule has 0 aliphatic carbocycles. The van der Waals surface area contributed by atoms with Gasteiger partial charge in [-0.25, -0.2) is 19.2 Å². The van der Waals surface area contributed by atoms with Gasteiger partial charge in [-0.2, -0.15) is 0 Å². The van der Waals surface area contributed by atoms with E-state index >= 15 is 0 Å². The maximum Gasteiger partial charge on any atom is 0.339 e. The molecule has 0 aliphatic heterocycles. The number of carboxylic acid groups (broad SMARTS) is 1. The highest BCUT2D eigenvalue weighted by Crippen LogP contribution is 2.33. The molecule has 2 aromatic rings. The molecule has 104 valence electrons. The Hall–Kier alpha value is -2.55. The van der Waals surface area contributed by atoms with E-state index in [4.69, 9.17) is 22.3 Å². The summed E-state index contributed by atoms with van der Waals surface area (Å²) in [5.41, 5.74) is 15.7. The Morgan fingerprint density at radius 2 is 1.80 bits per heavy atom. The van der Waals surface area contributed by atoms with Crippen molar-refractivity contribution in [3.8, 4) is 0 Å². The Balaban J connectivity index is 2.48. The average Bonchev–Trinajstić information content (AvgIpc) is 2.32. The van der Waals surface area contributed by atoms with Crippen LogP contribution in [0.25, 0.3) is 0 Å². The van der Waals surface area contributed by atoms with E-state index in [2.05, 4.69) is 9.97 Å². The average molecular weight is 295 g/mol. The highest BCUT2D eigenvalue weighted by atomic mass is 32.2. The SMILES string of the molecule is Nc1cc(N)nc(Sc2ccc(F)c(N)c2C(=O)O)n1. The first kappa shape index (κ1) is 13.9. The van der Waals surface area contributed by atoms with Crippen LogP contribution in [0, 0.1) is 5.82 Å². The molecule has 0 unspecified atom stereocenters. The van der Waals surface area contributed by atoms with E-state index in [1.54, 1.807) is 0 Å². The van der Waals surface area contributed by atoms with Gasteiger partial charge in [0.15, 0.2) is 5.16 Å². The second kappa shape index (κ2) is 5.21. The first-order valence-electron chi connectivity index (χ1n) is 5.27. The molecule has 0 spiro atoms. The first-order valence-corrected chi connectivity index (χ1v) is 6.09. The number of benzene rings is 1. The van der Waals surface area contributed by atoms with Crippen molar-refractivity contribution in [1.29, 1.82) is 0 Å². The number of hydrogen-bond donors (Lipinski definition) is 4. The van der Waals surface area contributed by atoms with Crippen LogP contribution in [-0.2, 0) is 0 Å². The zero-order chi connectivity index (χ0) is 14.9. The molecule has 1 heterocycles. The van der Waals surface area contributed by atoms with Crippen LogP contribution < -0.4 is 17.2 Å². The van der Waals surface area contributed by atoms with Crippen molar-refractivity contribution in [3.63, 3.8) is 0 Å². The minimum absolute atomic E-state index is 0.145. The van der Waals surface area contributed by atoms with Gasteiger partial charge in [-0.3, -0.25) is 0 Å². The largest absolute Gasteiger partial charge is 0.478 e. The van der Waals surface area contributed by atoms with E-state index in [0.717, 1.165) is 17.8 Å². The lowest BCUT2D eigenvalue weighted by molar-refractivity contribution is 0.0694. The molecule has 2 rings (SSSR count). The predicted molar refractivity (Wildman–Crippen MR) is 72.8 cm³/mol. The molecule has 0 saturated heterocycles. The van der Waals surface area contributed by atoms with Crippen molar-refractivity contribution in [1.82, 2.24) is 9.97 Å². The molecule has 1 aromatic heterocycles. The molecule has 0 radical (unpaired) electrons. The highest BCUT2D eigenvalue weighted by molar-refractivity contribution is 7.99. The molecule has 0 fully saturated rings. The number of aromatic nitrogens is 2. The van der Waals surface area contributed by atoms with Gasteiger partial charge in [-0.05, 0) is 23.9 Å². The van der Waals surface area contributed by atoms with Gasteiger partial charge in [-0.15, -0.1) is 0 Å². The molecule has 1 aromatic carbocycles. The monoisotopic (exact) mass is 295 g/mol. The number of anilines is 3. The number of aromatic carboxylic acids is 1. The third-order valence-corrected chi connectivity index (χ3v) is 3.24. The molecule has 9 heteroatoms. The molecule has 7 N–H and O–H groups in total. The first-order chi connectivity index (χ1) is 9.38. The number of nitrogen functional groups attached to an aromatic ring is 3. The topological polar surface area (TPSA) is 141 Å². The second-order valence-electron chi connectivity index (χ2n) is 3.74. The molecule has 0 aliphatic rings. The van der Waals surface area contributed by atoms with Crippen LogP contribution >= 0.6 is 11.8 Å². The van der Waals surface area contributed by atoms with Gasteiger partial charge >= 0.3 is 5.97 Å². The number of hydrogen-bond acceptors (Lipinski definition) is 7. The summed E-state index contributed by atoms with van der Waals surface area (Å²) in [6.45, 7) is 0. The van der Waals surface area contributed by atoms with Gasteiger partial charge in [0, 0.05) is 11.0 Å². The summed E-state index contributed by atoms with van der Waals surface area (Å²) < 4.78 is 13.3. The number of nitrogens with zero attached hydrogens (tertiary/aromatic N) is 2. The number of rotatable bonds is 3. The molecule has 0 bridgehead atoms. The Kier molecular flexibility index (Phi) is 3.61. The van der Waals surface area contributed by atoms with Gasteiger partial charge in [0.1, 0.15) is 17.5 Å². The molecule has 20 heavy (non-hydrogen) atoms. The van der Waals surface area contributed by atoms with Crippen molar-refractivity contribution < 1.29 is 14.3 Å². The summed E-state index contributed by atoms with van der Waals surface area (Å²) in [7, 11) is 0. The highest BCUT2D eigenvalue weighted by Gasteiger charge is 2.19.